The summed E-state index contributed by atoms with van der Waals surface area (Å²) in [6.45, 7) is 12.1. The molecule has 0 aliphatic heterocycles. The maximum absolute atomic E-state index is 13.3. The highest BCUT2D eigenvalue weighted by molar-refractivity contribution is 7.48. The molecular weight excluding hydrogens is 512 g/mol. The third kappa shape index (κ3) is 12.6. The molecule has 8 nitrogen and oxygen atoms in total. The van der Waals surface area contributed by atoms with Gasteiger partial charge in [0.15, 0.2) is 0 Å². The minimum absolute atomic E-state index is 0.0492. The predicted octanol–water partition coefficient (Wildman–Crippen LogP) is 6.13. The minimum atomic E-state index is -3.90. The molecule has 5 atom stereocenters. The largest absolute Gasteiger partial charge is 0.475 e. The fourth-order valence-electron chi connectivity index (χ4n) is 3.45. The van der Waals surface area contributed by atoms with Crippen LogP contribution in [0.3, 0.4) is 0 Å². The number of rotatable bonds is 20. The molecule has 0 aliphatic rings. The molecule has 0 N–H and O–H groups in total. The third-order valence-electron chi connectivity index (χ3n) is 5.32. The van der Waals surface area contributed by atoms with Crippen molar-refractivity contribution in [1.82, 2.24) is 0 Å². The Hall–Kier alpha value is -1.65. The second kappa shape index (κ2) is 18.6. The van der Waals surface area contributed by atoms with Crippen molar-refractivity contribution >= 4 is 17.1 Å². The van der Waals surface area contributed by atoms with Crippen molar-refractivity contribution in [3.63, 3.8) is 0 Å². The second-order valence-corrected chi connectivity index (χ2v) is 10.4. The number of nitrogens with zero attached hydrogens (tertiary/aromatic N) is 1. The number of phosphoric ester groups is 1. The molecule has 0 radical (unpaired) electrons. The topological polar surface area (TPSA) is 76.8 Å². The highest BCUT2D eigenvalue weighted by atomic mass is 31.2. The third-order valence-corrected chi connectivity index (χ3v) is 7.02. The van der Waals surface area contributed by atoms with E-state index in [-0.39, 0.29) is 32.3 Å². The van der Waals surface area contributed by atoms with Crippen LogP contribution in [0.2, 0.25) is 0 Å². The Bertz CT molecular complexity index is 943. The van der Waals surface area contributed by atoms with E-state index in [0.717, 1.165) is 11.1 Å². The monoisotopic (exact) mass is 551 g/mol. The molecule has 2 aromatic rings. The van der Waals surface area contributed by atoms with E-state index in [1.165, 1.54) is 0 Å². The molecule has 0 spiro atoms. The molecule has 0 fully saturated rings. The highest BCUT2D eigenvalue weighted by Crippen LogP contribution is 2.49. The van der Waals surface area contributed by atoms with Crippen molar-refractivity contribution in [3.8, 4) is 0 Å². The summed E-state index contributed by atoms with van der Waals surface area (Å²) in [5.41, 5.74) is 2.01. The first-order valence-corrected chi connectivity index (χ1v) is 14.7. The quantitative estimate of drug-likeness (QED) is 0.111. The Morgan fingerprint density at radius 1 is 0.892 bits per heavy atom. The molecule has 0 saturated carbocycles. The number of phosphoric acid groups is 1. The zero-order valence-electron chi connectivity index (χ0n) is 21.7. The molecule has 2 aromatic carbocycles. The maximum Gasteiger partial charge on any atom is 0.475 e. The van der Waals surface area contributed by atoms with Crippen LogP contribution in [0.5, 0.6) is 0 Å². The van der Waals surface area contributed by atoms with Crippen LogP contribution in [-0.4, -0.2) is 51.5 Å². The lowest BCUT2D eigenvalue weighted by Gasteiger charge is -2.32. The Balaban J connectivity index is 2.23. The molecule has 0 aromatic heterocycles. The molecule has 0 amide bonds. The van der Waals surface area contributed by atoms with Gasteiger partial charge in [0.05, 0.1) is 45.5 Å². The fraction of sp³-hybridized carbons (Fsp3) is 0.519. The number of ether oxygens (including phenoxy) is 3. The van der Waals surface area contributed by atoms with E-state index in [1.807, 2.05) is 74.5 Å². The van der Waals surface area contributed by atoms with Gasteiger partial charge in [-0.3, -0.25) is 13.6 Å². The van der Waals surface area contributed by atoms with Crippen LogP contribution in [0.4, 0.5) is 0 Å². The van der Waals surface area contributed by atoms with Crippen molar-refractivity contribution < 1.29 is 32.3 Å². The van der Waals surface area contributed by atoms with Gasteiger partial charge in [0.25, 0.3) is 0 Å². The van der Waals surface area contributed by atoms with Crippen LogP contribution in [0, 0.1) is 12.5 Å². The zero-order chi connectivity index (χ0) is 26.8. The van der Waals surface area contributed by atoms with Gasteiger partial charge in [-0.05, 0) is 17.5 Å². The van der Waals surface area contributed by atoms with E-state index < -0.39 is 20.0 Å². The second-order valence-electron chi connectivity index (χ2n) is 8.40. The van der Waals surface area contributed by atoms with Gasteiger partial charge in [-0.25, -0.2) is 11.1 Å². The van der Waals surface area contributed by atoms with Gasteiger partial charge >= 0.3 is 7.82 Å². The molecule has 37 heavy (non-hydrogen) atoms. The van der Waals surface area contributed by atoms with Gasteiger partial charge in [-0.15, -0.1) is 9.24 Å². The summed E-state index contributed by atoms with van der Waals surface area (Å²) in [6.07, 6.45) is 0.0922. The van der Waals surface area contributed by atoms with Crippen LogP contribution < -0.4 is 0 Å². The van der Waals surface area contributed by atoms with E-state index in [0.29, 0.717) is 32.6 Å². The Morgan fingerprint density at radius 3 is 2.05 bits per heavy atom. The van der Waals surface area contributed by atoms with Crippen molar-refractivity contribution in [1.29, 1.82) is 0 Å². The molecule has 2 rings (SSSR count). The van der Waals surface area contributed by atoms with Crippen LogP contribution in [0.15, 0.2) is 60.7 Å². The van der Waals surface area contributed by atoms with Crippen LogP contribution in [-0.2, 0) is 45.6 Å². The highest BCUT2D eigenvalue weighted by Gasteiger charge is 2.34. The Labute approximate surface area is 223 Å². The summed E-state index contributed by atoms with van der Waals surface area (Å²) in [4.78, 5) is 3.24. The summed E-state index contributed by atoms with van der Waals surface area (Å²) in [5.74, 6) is -0.0624. The molecule has 0 heterocycles. The van der Waals surface area contributed by atoms with Gasteiger partial charge in [-0.1, -0.05) is 74.5 Å². The molecule has 0 saturated heterocycles. The number of hydrogen-bond acceptors (Lipinski definition) is 7. The van der Waals surface area contributed by atoms with Gasteiger partial charge in [-0.2, -0.15) is 0 Å². The molecule has 204 valence electrons. The first-order valence-electron chi connectivity index (χ1n) is 12.5. The summed E-state index contributed by atoms with van der Waals surface area (Å²) in [5, 5.41) is 0. The zero-order valence-corrected chi connectivity index (χ0v) is 23.7. The minimum Gasteiger partial charge on any atom is -0.377 e. The summed E-state index contributed by atoms with van der Waals surface area (Å²) < 4.78 is 48.3. The normalized spacial score (nSPS) is 15.4. The standard InChI is InChI=1S/C27H39NO7P2/c1-4-16-33-37(29,34-17-15-28-3)35-21-26(31-19-24-11-7-5-8-12-24)27(23(2)18-30-22-36)32-20-25-13-9-6-10-14-25/h5-14,23,26-27H,4,15-22,36H2,1-2H3/t23-,26+,27-,37?/m1/s1. The smallest absolute Gasteiger partial charge is 0.377 e. The van der Waals surface area contributed by atoms with Crippen molar-refractivity contribution in [2.24, 2.45) is 5.92 Å². The lowest BCUT2D eigenvalue weighted by molar-refractivity contribution is -0.130. The molecule has 2 unspecified atom stereocenters. The average molecular weight is 552 g/mol. The van der Waals surface area contributed by atoms with Crippen LogP contribution >= 0.6 is 17.1 Å². The Kier molecular flexibility index (Phi) is 15.8. The van der Waals surface area contributed by atoms with Gasteiger partial charge in [0, 0.05) is 5.92 Å². The molecular formula is C27H39NO7P2. The average Bonchev–Trinajstić information content (AvgIpc) is 2.93. The Morgan fingerprint density at radius 2 is 1.49 bits per heavy atom. The first-order chi connectivity index (χ1) is 18.0. The summed E-state index contributed by atoms with van der Waals surface area (Å²) >= 11 is 0. The van der Waals surface area contributed by atoms with E-state index in [4.69, 9.17) is 34.4 Å². The van der Waals surface area contributed by atoms with Crippen molar-refractivity contribution in [3.05, 3.63) is 83.2 Å². The molecule has 0 aliphatic carbocycles. The number of hydrogen-bond donors (Lipinski definition) is 0. The van der Waals surface area contributed by atoms with E-state index >= 15 is 0 Å². The van der Waals surface area contributed by atoms with Gasteiger partial charge in [0.2, 0.25) is 6.54 Å². The van der Waals surface area contributed by atoms with Gasteiger partial charge in [0.1, 0.15) is 12.7 Å². The van der Waals surface area contributed by atoms with Crippen molar-refractivity contribution in [2.75, 3.05) is 39.3 Å². The lowest BCUT2D eigenvalue weighted by Crippen LogP contribution is -2.41. The first kappa shape index (κ1) is 31.6. The van der Waals surface area contributed by atoms with Crippen molar-refractivity contribution in [2.45, 2.75) is 45.7 Å². The molecule has 0 bridgehead atoms. The molecule has 10 heteroatoms. The van der Waals surface area contributed by atoms with E-state index in [9.17, 15) is 4.57 Å². The van der Waals surface area contributed by atoms with Gasteiger partial charge < -0.3 is 19.1 Å². The van der Waals surface area contributed by atoms with E-state index in [2.05, 4.69) is 14.1 Å². The van der Waals surface area contributed by atoms with Crippen LogP contribution in [0.1, 0.15) is 31.4 Å². The summed E-state index contributed by atoms with van der Waals surface area (Å²) in [6, 6.07) is 19.7. The summed E-state index contributed by atoms with van der Waals surface area (Å²) in [7, 11) is -1.35. The number of benzene rings is 2. The SMILES string of the molecule is [C-]#[N+]CCOP(=O)(OCCC)OC[C@H](OCc1ccccc1)[C@H](OCc1ccccc1)[C@H](C)COCP. The van der Waals surface area contributed by atoms with Crippen LogP contribution in [0.25, 0.3) is 4.85 Å². The lowest BCUT2D eigenvalue weighted by atomic mass is 10.00. The fourth-order valence-corrected chi connectivity index (χ4v) is 4.85. The predicted molar refractivity (Wildman–Crippen MR) is 147 cm³/mol. The van der Waals surface area contributed by atoms with E-state index in [1.54, 1.807) is 0 Å². The maximum atomic E-state index is 13.3.